The Labute approximate surface area is 85.0 Å². The first kappa shape index (κ1) is 8.14. The van der Waals surface area contributed by atoms with E-state index in [1.54, 1.807) is 16.8 Å². The van der Waals surface area contributed by atoms with Crippen molar-refractivity contribution in [3.8, 4) is 11.4 Å². The molecule has 0 aromatic carbocycles. The van der Waals surface area contributed by atoms with E-state index in [9.17, 15) is 0 Å². The van der Waals surface area contributed by atoms with Crippen molar-refractivity contribution < 1.29 is 4.52 Å². The summed E-state index contributed by atoms with van der Waals surface area (Å²) >= 11 is 1.56. The Morgan fingerprint density at radius 1 is 1.50 bits per heavy atom. The second-order valence-corrected chi connectivity index (χ2v) is 4.00. The first-order valence-electron chi connectivity index (χ1n) is 4.52. The van der Waals surface area contributed by atoms with Gasteiger partial charge >= 0.3 is 0 Å². The molecule has 0 radical (unpaired) electrons. The Morgan fingerprint density at radius 2 is 2.43 bits per heavy atom. The molecule has 5 heteroatoms. The van der Waals surface area contributed by atoms with Crippen LogP contribution in [0.5, 0.6) is 0 Å². The van der Waals surface area contributed by atoms with Crippen LogP contribution >= 0.6 is 11.3 Å². The molecular weight excluding hydrogens is 198 g/mol. The van der Waals surface area contributed by atoms with E-state index < -0.39 is 0 Å². The molecule has 72 valence electrons. The topological polar surface area (TPSA) is 51.0 Å². The number of nitrogens with zero attached hydrogens (tertiary/aromatic N) is 2. The molecule has 1 atom stereocenters. The van der Waals surface area contributed by atoms with E-state index in [1.165, 1.54) is 0 Å². The van der Waals surface area contributed by atoms with E-state index in [0.29, 0.717) is 6.04 Å². The zero-order valence-corrected chi connectivity index (χ0v) is 8.25. The van der Waals surface area contributed by atoms with Crippen LogP contribution in [0.15, 0.2) is 21.5 Å². The van der Waals surface area contributed by atoms with Crippen LogP contribution in [0.3, 0.4) is 0 Å². The normalized spacial score (nSPS) is 20.7. The Hall–Kier alpha value is -1.20. The Kier molecular flexibility index (Phi) is 1.85. The summed E-state index contributed by atoms with van der Waals surface area (Å²) in [5, 5.41) is 9.23. The molecule has 4 nitrogen and oxygen atoms in total. The smallest absolute Gasteiger partial charge is 0.154 e. The van der Waals surface area contributed by atoms with Crippen molar-refractivity contribution >= 4 is 11.3 Å². The summed E-state index contributed by atoms with van der Waals surface area (Å²) in [7, 11) is 0. The molecule has 2 aromatic heterocycles. The molecule has 1 N–H and O–H groups in total. The number of nitrogens with one attached hydrogen (secondary N) is 1. The molecule has 3 rings (SSSR count). The van der Waals surface area contributed by atoms with Crippen LogP contribution in [-0.2, 0) is 0 Å². The fourth-order valence-electron chi connectivity index (χ4n) is 1.44. The van der Waals surface area contributed by atoms with Gasteiger partial charge in [-0.25, -0.2) is 4.98 Å². The zero-order valence-electron chi connectivity index (χ0n) is 7.43. The van der Waals surface area contributed by atoms with Gasteiger partial charge in [0, 0.05) is 11.4 Å². The lowest BCUT2D eigenvalue weighted by Gasteiger charge is -2.24. The molecule has 0 aliphatic carbocycles. The first-order valence-corrected chi connectivity index (χ1v) is 5.46. The third-order valence-corrected chi connectivity index (χ3v) is 2.98. The average Bonchev–Trinajstić information content (AvgIpc) is 2.65. The zero-order chi connectivity index (χ0) is 9.38. The molecule has 14 heavy (non-hydrogen) atoms. The van der Waals surface area contributed by atoms with Crippen molar-refractivity contribution in [2.24, 2.45) is 0 Å². The second kappa shape index (κ2) is 3.18. The third kappa shape index (κ3) is 1.25. The largest absolute Gasteiger partial charge is 0.359 e. The lowest BCUT2D eigenvalue weighted by Crippen LogP contribution is -2.34. The number of hydrogen-bond donors (Lipinski definition) is 1. The quantitative estimate of drug-likeness (QED) is 0.816. The summed E-state index contributed by atoms with van der Waals surface area (Å²) in [6.07, 6.45) is 1.13. The number of thiazole rings is 1. The van der Waals surface area contributed by atoms with E-state index in [4.69, 9.17) is 4.52 Å². The van der Waals surface area contributed by atoms with Gasteiger partial charge in [0.1, 0.15) is 11.4 Å². The van der Waals surface area contributed by atoms with Crippen molar-refractivity contribution in [1.82, 2.24) is 15.5 Å². The Bertz CT molecular complexity index is 419. The van der Waals surface area contributed by atoms with Crippen molar-refractivity contribution in [1.29, 1.82) is 0 Å². The van der Waals surface area contributed by atoms with Gasteiger partial charge in [-0.15, -0.1) is 11.3 Å². The molecular formula is C9H9N3OS. The van der Waals surface area contributed by atoms with Crippen LogP contribution in [0.1, 0.15) is 18.2 Å². The predicted molar refractivity (Wildman–Crippen MR) is 53.0 cm³/mol. The van der Waals surface area contributed by atoms with Gasteiger partial charge in [0.25, 0.3) is 0 Å². The molecule has 1 fully saturated rings. The lowest BCUT2D eigenvalue weighted by atomic mass is 10.0. The molecule has 1 saturated heterocycles. The van der Waals surface area contributed by atoms with Crippen LogP contribution in [-0.4, -0.2) is 16.7 Å². The molecule has 0 saturated carbocycles. The van der Waals surface area contributed by atoms with E-state index in [2.05, 4.69) is 15.5 Å². The summed E-state index contributed by atoms with van der Waals surface area (Å²) in [4.78, 5) is 4.18. The maximum Gasteiger partial charge on any atom is 0.154 e. The summed E-state index contributed by atoms with van der Waals surface area (Å²) < 4.78 is 5.24. The molecule has 3 heterocycles. The monoisotopic (exact) mass is 207 g/mol. The van der Waals surface area contributed by atoms with E-state index in [-0.39, 0.29) is 0 Å². The molecule has 0 amide bonds. The highest BCUT2D eigenvalue weighted by atomic mass is 32.1. The highest BCUT2D eigenvalue weighted by molar-refractivity contribution is 7.07. The van der Waals surface area contributed by atoms with Crippen molar-refractivity contribution in [2.75, 3.05) is 6.54 Å². The van der Waals surface area contributed by atoms with Crippen LogP contribution in [0.4, 0.5) is 0 Å². The van der Waals surface area contributed by atoms with Crippen molar-refractivity contribution in [3.05, 3.63) is 22.7 Å². The standard InChI is InChI=1S/C9H9N3OS/c1-2-10-6(1)9-3-7(12-13-9)8-4-14-5-11-8/h3-6,10H,1-2H2. The second-order valence-electron chi connectivity index (χ2n) is 3.28. The molecule has 0 spiro atoms. The predicted octanol–water partition coefficient (Wildman–Crippen LogP) is 1.83. The van der Waals surface area contributed by atoms with Gasteiger partial charge < -0.3 is 9.84 Å². The van der Waals surface area contributed by atoms with Crippen LogP contribution in [0, 0.1) is 0 Å². The minimum absolute atomic E-state index is 0.356. The minimum Gasteiger partial charge on any atom is -0.359 e. The number of hydrogen-bond acceptors (Lipinski definition) is 5. The molecule has 0 bridgehead atoms. The van der Waals surface area contributed by atoms with Crippen molar-refractivity contribution in [3.63, 3.8) is 0 Å². The van der Waals surface area contributed by atoms with Crippen molar-refractivity contribution in [2.45, 2.75) is 12.5 Å². The fraction of sp³-hybridized carbons (Fsp3) is 0.333. The SMILES string of the molecule is c1nc(-c2cc(C3CCN3)on2)cs1. The van der Waals surface area contributed by atoms with Gasteiger partial charge in [0.2, 0.25) is 0 Å². The van der Waals surface area contributed by atoms with Crippen LogP contribution in [0.2, 0.25) is 0 Å². The number of aromatic nitrogens is 2. The average molecular weight is 207 g/mol. The van der Waals surface area contributed by atoms with E-state index in [0.717, 1.165) is 30.1 Å². The van der Waals surface area contributed by atoms with E-state index >= 15 is 0 Å². The van der Waals surface area contributed by atoms with Gasteiger partial charge in [0.15, 0.2) is 5.76 Å². The summed E-state index contributed by atoms with van der Waals surface area (Å²) in [6.45, 7) is 1.07. The molecule has 1 aliphatic heterocycles. The minimum atomic E-state index is 0.356. The van der Waals surface area contributed by atoms with Crippen LogP contribution in [0.25, 0.3) is 11.4 Å². The maximum absolute atomic E-state index is 5.24. The van der Waals surface area contributed by atoms with Crippen LogP contribution < -0.4 is 5.32 Å². The van der Waals surface area contributed by atoms with E-state index in [1.807, 2.05) is 11.4 Å². The Balaban J connectivity index is 1.90. The fourth-order valence-corrected chi connectivity index (χ4v) is 1.99. The summed E-state index contributed by atoms with van der Waals surface area (Å²) in [6, 6.07) is 2.32. The maximum atomic E-state index is 5.24. The Morgan fingerprint density at radius 3 is 3.07 bits per heavy atom. The highest BCUT2D eigenvalue weighted by Gasteiger charge is 2.23. The first-order chi connectivity index (χ1) is 6.93. The molecule has 2 aromatic rings. The summed E-state index contributed by atoms with van der Waals surface area (Å²) in [5.41, 5.74) is 3.52. The number of rotatable bonds is 2. The molecule has 1 aliphatic rings. The van der Waals surface area contributed by atoms with Gasteiger partial charge in [0.05, 0.1) is 11.6 Å². The third-order valence-electron chi connectivity index (χ3n) is 2.39. The van der Waals surface area contributed by atoms with Gasteiger partial charge in [-0.05, 0) is 13.0 Å². The van der Waals surface area contributed by atoms with Gasteiger partial charge in [-0.2, -0.15) is 0 Å². The van der Waals surface area contributed by atoms with Gasteiger partial charge in [-0.1, -0.05) is 5.16 Å². The highest BCUT2D eigenvalue weighted by Crippen LogP contribution is 2.26. The molecule has 1 unspecified atom stereocenters. The van der Waals surface area contributed by atoms with Gasteiger partial charge in [-0.3, -0.25) is 0 Å². The summed E-state index contributed by atoms with van der Waals surface area (Å²) in [5.74, 6) is 0.916. The lowest BCUT2D eigenvalue weighted by molar-refractivity contribution is 0.282.